The summed E-state index contributed by atoms with van der Waals surface area (Å²) < 4.78 is 4.60. The number of fused-ring (bicyclic) bond motifs is 1. The van der Waals surface area contributed by atoms with Crippen molar-refractivity contribution >= 4 is 35.3 Å². The van der Waals surface area contributed by atoms with E-state index < -0.39 is 40.6 Å². The first-order valence-electron chi connectivity index (χ1n) is 8.37. The van der Waals surface area contributed by atoms with Crippen LogP contribution in [0.4, 0.5) is 5.69 Å². The number of carbonyl (C=O) groups excluding carboxylic acids is 4. The summed E-state index contributed by atoms with van der Waals surface area (Å²) in [6.07, 6.45) is 1.02. The van der Waals surface area contributed by atoms with Gasteiger partial charge in [0.2, 0.25) is 0 Å². The third kappa shape index (κ3) is 3.65. The van der Waals surface area contributed by atoms with Crippen LogP contribution in [0.1, 0.15) is 26.3 Å². The van der Waals surface area contributed by atoms with Crippen molar-refractivity contribution in [2.75, 3.05) is 13.7 Å². The maximum Gasteiger partial charge on any atom is 0.341 e. The third-order valence-corrected chi connectivity index (χ3v) is 4.32. The maximum absolute atomic E-state index is 12.7. The molecule has 29 heavy (non-hydrogen) atoms. The van der Waals surface area contributed by atoms with Gasteiger partial charge in [-0.1, -0.05) is 24.3 Å². The molecule has 0 aliphatic carbocycles. The summed E-state index contributed by atoms with van der Waals surface area (Å²) in [7, 11) is 1.05. The summed E-state index contributed by atoms with van der Waals surface area (Å²) >= 11 is 0. The largest absolute Gasteiger partial charge is 0.465 e. The predicted molar refractivity (Wildman–Crippen MR) is 99.9 cm³/mol. The van der Waals surface area contributed by atoms with Gasteiger partial charge in [-0.15, -0.1) is 0 Å². The number of carbonyl (C=O) groups is 4. The van der Waals surface area contributed by atoms with E-state index in [0.29, 0.717) is 0 Å². The number of Topliss-reactive ketones (excluding diaryl/α,β-unsaturated/α-hetero) is 1. The molecule has 0 saturated heterocycles. The zero-order valence-electron chi connectivity index (χ0n) is 15.2. The highest BCUT2D eigenvalue weighted by molar-refractivity contribution is 6.26. The van der Waals surface area contributed by atoms with Crippen molar-refractivity contribution in [3.63, 3.8) is 0 Å². The van der Waals surface area contributed by atoms with Crippen molar-refractivity contribution in [3.05, 3.63) is 80.9 Å². The van der Waals surface area contributed by atoms with Gasteiger partial charge in [0.25, 0.3) is 17.5 Å². The van der Waals surface area contributed by atoms with Crippen LogP contribution in [-0.4, -0.2) is 47.0 Å². The highest BCUT2D eigenvalue weighted by Gasteiger charge is 2.37. The lowest BCUT2D eigenvalue weighted by atomic mass is 10.1. The molecule has 1 aliphatic rings. The van der Waals surface area contributed by atoms with Gasteiger partial charge < -0.3 is 4.74 Å². The number of ketones is 1. The van der Waals surface area contributed by atoms with Gasteiger partial charge >= 0.3 is 5.97 Å². The molecule has 2 amide bonds. The molecule has 0 aromatic heterocycles. The van der Waals surface area contributed by atoms with Crippen LogP contribution < -0.4 is 0 Å². The van der Waals surface area contributed by atoms with Gasteiger partial charge in [-0.2, -0.15) is 0 Å². The van der Waals surface area contributed by atoms with Gasteiger partial charge in [0.05, 0.1) is 35.3 Å². The van der Waals surface area contributed by atoms with Gasteiger partial charge in [-0.05, 0) is 24.3 Å². The van der Waals surface area contributed by atoms with Crippen LogP contribution >= 0.6 is 0 Å². The van der Waals surface area contributed by atoms with Crippen molar-refractivity contribution < 1.29 is 28.8 Å². The van der Waals surface area contributed by atoms with Crippen LogP contribution in [0, 0.1) is 10.1 Å². The summed E-state index contributed by atoms with van der Waals surface area (Å²) in [5.41, 5.74) is -0.505. The van der Waals surface area contributed by atoms with Crippen molar-refractivity contribution in [1.29, 1.82) is 0 Å². The number of rotatable bonds is 6. The molecular formula is C20H14N2O7. The van der Waals surface area contributed by atoms with Gasteiger partial charge in [-0.3, -0.25) is 29.4 Å². The van der Waals surface area contributed by atoms with Gasteiger partial charge in [0.1, 0.15) is 5.57 Å². The molecule has 0 N–H and O–H groups in total. The standard InChI is InChI=1S/C20H14N2O7/c1-29-20(26)15(10-12-6-2-5-9-16(12)22(27)28)17(23)11-21-18(24)13-7-3-4-8-14(13)19(21)25/h2-10H,11H2,1H3. The zero-order valence-corrected chi connectivity index (χ0v) is 15.2. The first kappa shape index (κ1) is 19.6. The fourth-order valence-corrected chi connectivity index (χ4v) is 2.91. The molecule has 1 heterocycles. The molecule has 0 saturated carbocycles. The van der Waals surface area contributed by atoms with Crippen LogP contribution in [0.25, 0.3) is 6.08 Å². The van der Waals surface area contributed by atoms with E-state index in [-0.39, 0.29) is 22.4 Å². The minimum absolute atomic E-state index is 0.00797. The Balaban J connectivity index is 1.95. The van der Waals surface area contributed by atoms with Gasteiger partial charge in [0.15, 0.2) is 5.78 Å². The minimum atomic E-state index is -1.04. The SMILES string of the molecule is COC(=O)C(=Cc1ccccc1[N+](=O)[O-])C(=O)CN1C(=O)c2ccccc2C1=O. The number of ether oxygens (including phenoxy) is 1. The molecule has 0 atom stereocenters. The van der Waals surface area contributed by atoms with E-state index in [0.717, 1.165) is 18.1 Å². The lowest BCUT2D eigenvalue weighted by Crippen LogP contribution is -2.36. The molecule has 146 valence electrons. The Morgan fingerprint density at radius 2 is 1.59 bits per heavy atom. The number of amides is 2. The van der Waals surface area contributed by atoms with Crippen LogP contribution in [-0.2, 0) is 14.3 Å². The number of nitrogens with zero attached hydrogens (tertiary/aromatic N) is 2. The summed E-state index contributed by atoms with van der Waals surface area (Å²) in [5, 5.41) is 11.2. The number of para-hydroxylation sites is 1. The number of esters is 1. The van der Waals surface area contributed by atoms with E-state index in [4.69, 9.17) is 0 Å². The zero-order chi connectivity index (χ0) is 21.1. The van der Waals surface area contributed by atoms with Crippen LogP contribution in [0.3, 0.4) is 0 Å². The average Bonchev–Trinajstić information content (AvgIpc) is 2.96. The molecule has 0 unspecified atom stereocenters. The van der Waals surface area contributed by atoms with E-state index in [1.54, 1.807) is 12.1 Å². The highest BCUT2D eigenvalue weighted by atomic mass is 16.6. The second kappa shape index (κ2) is 7.85. The van der Waals surface area contributed by atoms with E-state index in [1.807, 2.05) is 0 Å². The van der Waals surface area contributed by atoms with E-state index in [9.17, 15) is 29.3 Å². The lowest BCUT2D eigenvalue weighted by molar-refractivity contribution is -0.385. The molecule has 0 fully saturated rings. The van der Waals surface area contributed by atoms with E-state index in [2.05, 4.69) is 4.74 Å². The van der Waals surface area contributed by atoms with Crippen LogP contribution in [0.2, 0.25) is 0 Å². The van der Waals surface area contributed by atoms with Crippen LogP contribution in [0.5, 0.6) is 0 Å². The van der Waals surface area contributed by atoms with Crippen molar-refractivity contribution in [2.24, 2.45) is 0 Å². The number of hydrogen-bond donors (Lipinski definition) is 0. The monoisotopic (exact) mass is 394 g/mol. The lowest BCUT2D eigenvalue weighted by Gasteiger charge is -2.13. The number of nitro groups is 1. The molecule has 9 nitrogen and oxygen atoms in total. The smallest absolute Gasteiger partial charge is 0.341 e. The molecule has 2 aromatic rings. The molecule has 3 rings (SSSR count). The molecule has 2 aromatic carbocycles. The summed E-state index contributed by atoms with van der Waals surface area (Å²) in [4.78, 5) is 61.0. The minimum Gasteiger partial charge on any atom is -0.465 e. The Kier molecular flexibility index (Phi) is 5.31. The summed E-state index contributed by atoms with van der Waals surface area (Å²) in [6.45, 7) is -0.700. The fourth-order valence-electron chi connectivity index (χ4n) is 2.91. The van der Waals surface area contributed by atoms with Crippen molar-refractivity contribution in [2.45, 2.75) is 0 Å². The number of benzene rings is 2. The predicted octanol–water partition coefficient (Wildman–Crippen LogP) is 2.02. The molecule has 0 radical (unpaired) electrons. The van der Waals surface area contributed by atoms with Gasteiger partial charge in [-0.25, -0.2) is 4.79 Å². The Morgan fingerprint density at radius 3 is 2.14 bits per heavy atom. The quantitative estimate of drug-likeness (QED) is 0.140. The molecule has 0 bridgehead atoms. The topological polar surface area (TPSA) is 124 Å². The second-order valence-corrected chi connectivity index (χ2v) is 6.03. The second-order valence-electron chi connectivity index (χ2n) is 6.03. The van der Waals surface area contributed by atoms with Crippen molar-refractivity contribution in [1.82, 2.24) is 4.90 Å². The van der Waals surface area contributed by atoms with Gasteiger partial charge in [0, 0.05) is 6.07 Å². The number of imide groups is 1. The first-order chi connectivity index (χ1) is 13.8. The normalized spacial score (nSPS) is 13.3. The Labute approximate surface area is 164 Å². The Bertz CT molecular complexity index is 1050. The Hall–Kier alpha value is -4.14. The van der Waals surface area contributed by atoms with E-state index >= 15 is 0 Å². The molecule has 9 heteroatoms. The van der Waals surface area contributed by atoms with Crippen LogP contribution in [0.15, 0.2) is 54.1 Å². The average molecular weight is 394 g/mol. The van der Waals surface area contributed by atoms with E-state index in [1.165, 1.54) is 36.4 Å². The maximum atomic E-state index is 12.7. The summed E-state index contributed by atoms with van der Waals surface area (Å²) in [5.74, 6) is -3.24. The molecule has 1 aliphatic heterocycles. The third-order valence-electron chi connectivity index (χ3n) is 4.32. The fraction of sp³-hybridized carbons (Fsp3) is 0.100. The summed E-state index contributed by atoms with van der Waals surface area (Å²) in [6, 6.07) is 11.6. The molecule has 0 spiro atoms. The highest BCUT2D eigenvalue weighted by Crippen LogP contribution is 2.24. The first-order valence-corrected chi connectivity index (χ1v) is 8.37. The van der Waals surface area contributed by atoms with Crippen molar-refractivity contribution in [3.8, 4) is 0 Å². The number of hydrogen-bond acceptors (Lipinski definition) is 7. The number of nitro benzene ring substituents is 1. The number of methoxy groups -OCH3 is 1. The molecular weight excluding hydrogens is 380 g/mol. The Morgan fingerprint density at radius 1 is 1.03 bits per heavy atom.